The molecule has 0 aliphatic rings. The summed E-state index contributed by atoms with van der Waals surface area (Å²) in [6, 6.07) is 11.0. The third-order valence-electron chi connectivity index (χ3n) is 3.06. The van der Waals surface area contributed by atoms with Crippen LogP contribution < -0.4 is 14.8 Å². The number of hydrogen-bond acceptors (Lipinski definition) is 4. The average Bonchev–Trinajstić information content (AvgIpc) is 2.52. The quantitative estimate of drug-likeness (QED) is 0.798. The van der Waals surface area contributed by atoms with E-state index >= 15 is 0 Å². The Morgan fingerprint density at radius 3 is 2.59 bits per heavy atom. The van der Waals surface area contributed by atoms with Crippen LogP contribution in [0.3, 0.4) is 0 Å². The number of aromatic nitrogens is 1. The molecular formula is C17H20N2O3. The highest BCUT2D eigenvalue weighted by atomic mass is 16.5. The summed E-state index contributed by atoms with van der Waals surface area (Å²) >= 11 is 0. The first-order chi connectivity index (χ1) is 10.7. The lowest BCUT2D eigenvalue weighted by molar-refractivity contribution is -0.116. The Balaban J connectivity index is 1.68. The van der Waals surface area contributed by atoms with Gasteiger partial charge in [-0.05, 0) is 49.7 Å². The first-order valence-electron chi connectivity index (χ1n) is 7.17. The van der Waals surface area contributed by atoms with Crippen molar-refractivity contribution in [1.29, 1.82) is 0 Å². The number of methoxy groups -OCH3 is 1. The highest BCUT2D eigenvalue weighted by Gasteiger charge is 2.03. The molecule has 0 fully saturated rings. The second-order valence-electron chi connectivity index (χ2n) is 4.86. The predicted octanol–water partition coefficient (Wildman–Crippen LogP) is 3.20. The van der Waals surface area contributed by atoms with Crippen molar-refractivity contribution in [3.05, 3.63) is 48.3 Å². The first-order valence-corrected chi connectivity index (χ1v) is 7.17. The monoisotopic (exact) mass is 300 g/mol. The molecule has 0 saturated carbocycles. The molecule has 0 atom stereocenters. The second kappa shape index (κ2) is 8.02. The van der Waals surface area contributed by atoms with Crippen molar-refractivity contribution in [2.24, 2.45) is 0 Å². The highest BCUT2D eigenvalue weighted by molar-refractivity contribution is 5.90. The summed E-state index contributed by atoms with van der Waals surface area (Å²) in [7, 11) is 1.62. The third-order valence-corrected chi connectivity index (χ3v) is 3.06. The van der Waals surface area contributed by atoms with E-state index in [1.807, 2.05) is 37.3 Å². The molecule has 1 N–H and O–H groups in total. The topological polar surface area (TPSA) is 60.5 Å². The van der Waals surface area contributed by atoms with Gasteiger partial charge in [0.15, 0.2) is 0 Å². The van der Waals surface area contributed by atoms with E-state index in [9.17, 15) is 4.79 Å². The number of hydrogen-bond donors (Lipinski definition) is 1. The molecule has 2 aromatic rings. The van der Waals surface area contributed by atoms with Gasteiger partial charge in [0.05, 0.1) is 13.7 Å². The number of carbonyl (C=O) groups is 1. The van der Waals surface area contributed by atoms with Gasteiger partial charge >= 0.3 is 0 Å². The lowest BCUT2D eigenvalue weighted by Gasteiger charge is -2.08. The van der Waals surface area contributed by atoms with Gasteiger partial charge in [-0.3, -0.25) is 9.78 Å². The SMILES string of the molecule is COc1ccc(OCCCC(=O)Nc2ccnc(C)c2)cc1. The van der Waals surface area contributed by atoms with Crippen molar-refractivity contribution in [2.45, 2.75) is 19.8 Å². The van der Waals surface area contributed by atoms with E-state index in [0.29, 0.717) is 19.4 Å². The van der Waals surface area contributed by atoms with Crippen molar-refractivity contribution < 1.29 is 14.3 Å². The highest BCUT2D eigenvalue weighted by Crippen LogP contribution is 2.17. The molecule has 0 bridgehead atoms. The zero-order valence-corrected chi connectivity index (χ0v) is 12.8. The Morgan fingerprint density at radius 1 is 1.18 bits per heavy atom. The van der Waals surface area contributed by atoms with Crippen molar-refractivity contribution >= 4 is 11.6 Å². The molecule has 0 aliphatic heterocycles. The van der Waals surface area contributed by atoms with Crippen LogP contribution in [0.5, 0.6) is 11.5 Å². The van der Waals surface area contributed by atoms with Crippen LogP contribution in [-0.4, -0.2) is 24.6 Å². The number of aryl methyl sites for hydroxylation is 1. The molecule has 2 rings (SSSR count). The van der Waals surface area contributed by atoms with Crippen LogP contribution in [0.2, 0.25) is 0 Å². The maximum absolute atomic E-state index is 11.8. The van der Waals surface area contributed by atoms with Gasteiger partial charge in [0.2, 0.25) is 5.91 Å². The maximum atomic E-state index is 11.8. The van der Waals surface area contributed by atoms with Crippen LogP contribution in [0.4, 0.5) is 5.69 Å². The van der Waals surface area contributed by atoms with Gasteiger partial charge in [-0.2, -0.15) is 0 Å². The van der Waals surface area contributed by atoms with E-state index in [1.54, 1.807) is 19.4 Å². The molecule has 5 nitrogen and oxygen atoms in total. The van der Waals surface area contributed by atoms with Gasteiger partial charge in [0, 0.05) is 24.0 Å². The van der Waals surface area contributed by atoms with E-state index in [1.165, 1.54) is 0 Å². The number of amides is 1. The summed E-state index contributed by atoms with van der Waals surface area (Å²) in [5.41, 5.74) is 1.65. The maximum Gasteiger partial charge on any atom is 0.224 e. The van der Waals surface area contributed by atoms with Crippen LogP contribution in [0.15, 0.2) is 42.6 Å². The summed E-state index contributed by atoms with van der Waals surface area (Å²) in [5.74, 6) is 1.54. The predicted molar refractivity (Wildman–Crippen MR) is 85.3 cm³/mol. The molecule has 0 saturated heterocycles. The fourth-order valence-electron chi connectivity index (χ4n) is 1.94. The normalized spacial score (nSPS) is 10.1. The van der Waals surface area contributed by atoms with E-state index in [-0.39, 0.29) is 5.91 Å². The molecule has 0 unspecified atom stereocenters. The van der Waals surface area contributed by atoms with Gasteiger partial charge in [-0.1, -0.05) is 0 Å². The third kappa shape index (κ3) is 5.09. The molecule has 22 heavy (non-hydrogen) atoms. The van der Waals surface area contributed by atoms with Gasteiger partial charge in [0.1, 0.15) is 11.5 Å². The Bertz CT molecular complexity index is 612. The number of ether oxygens (including phenoxy) is 2. The molecule has 1 amide bonds. The fraction of sp³-hybridized carbons (Fsp3) is 0.294. The number of anilines is 1. The minimum absolute atomic E-state index is 0.0241. The van der Waals surface area contributed by atoms with E-state index < -0.39 is 0 Å². The lowest BCUT2D eigenvalue weighted by Crippen LogP contribution is -2.13. The molecule has 0 radical (unpaired) electrons. The van der Waals surface area contributed by atoms with Gasteiger partial charge in [-0.25, -0.2) is 0 Å². The summed E-state index contributed by atoms with van der Waals surface area (Å²) in [6.07, 6.45) is 2.75. The Labute approximate surface area is 130 Å². The minimum atomic E-state index is -0.0241. The van der Waals surface area contributed by atoms with Crippen LogP contribution >= 0.6 is 0 Å². The average molecular weight is 300 g/mol. The summed E-state index contributed by atoms with van der Waals surface area (Å²) in [5, 5.41) is 2.85. The Hall–Kier alpha value is -2.56. The van der Waals surface area contributed by atoms with E-state index in [2.05, 4.69) is 10.3 Å². The minimum Gasteiger partial charge on any atom is -0.497 e. The smallest absolute Gasteiger partial charge is 0.224 e. The summed E-state index contributed by atoms with van der Waals surface area (Å²) < 4.78 is 10.7. The van der Waals surface area contributed by atoms with Crippen LogP contribution in [0.25, 0.3) is 0 Å². The number of nitrogens with zero attached hydrogens (tertiary/aromatic N) is 1. The first kappa shape index (κ1) is 15.8. The Kier molecular flexibility index (Phi) is 5.77. The molecule has 0 spiro atoms. The Morgan fingerprint density at radius 2 is 1.91 bits per heavy atom. The summed E-state index contributed by atoms with van der Waals surface area (Å²) in [6.45, 7) is 2.38. The van der Waals surface area contributed by atoms with Gasteiger partial charge in [-0.15, -0.1) is 0 Å². The standard InChI is InChI=1S/C17H20N2O3/c1-13-12-14(9-10-18-13)19-17(20)4-3-11-22-16-7-5-15(21-2)6-8-16/h5-10,12H,3-4,11H2,1-2H3,(H,18,19,20). The van der Waals surface area contributed by atoms with E-state index in [0.717, 1.165) is 22.9 Å². The van der Waals surface area contributed by atoms with Crippen LogP contribution in [0, 0.1) is 6.92 Å². The molecule has 5 heteroatoms. The second-order valence-corrected chi connectivity index (χ2v) is 4.86. The molecule has 1 aromatic heterocycles. The van der Waals surface area contributed by atoms with E-state index in [4.69, 9.17) is 9.47 Å². The van der Waals surface area contributed by atoms with Gasteiger partial charge < -0.3 is 14.8 Å². The number of nitrogens with one attached hydrogen (secondary N) is 1. The van der Waals surface area contributed by atoms with Crippen LogP contribution in [-0.2, 0) is 4.79 Å². The molecule has 116 valence electrons. The lowest BCUT2D eigenvalue weighted by atomic mass is 10.2. The van der Waals surface area contributed by atoms with Crippen molar-refractivity contribution in [3.63, 3.8) is 0 Å². The number of pyridine rings is 1. The fourth-order valence-corrected chi connectivity index (χ4v) is 1.94. The zero-order chi connectivity index (χ0) is 15.8. The van der Waals surface area contributed by atoms with Crippen LogP contribution in [0.1, 0.15) is 18.5 Å². The van der Waals surface area contributed by atoms with Crippen molar-refractivity contribution in [1.82, 2.24) is 4.98 Å². The van der Waals surface area contributed by atoms with Crippen molar-refractivity contribution in [3.8, 4) is 11.5 Å². The number of benzene rings is 1. The molecule has 1 aromatic carbocycles. The zero-order valence-electron chi connectivity index (χ0n) is 12.8. The summed E-state index contributed by atoms with van der Waals surface area (Å²) in [4.78, 5) is 15.9. The molecule has 1 heterocycles. The number of rotatable bonds is 7. The van der Waals surface area contributed by atoms with Gasteiger partial charge in [0.25, 0.3) is 0 Å². The molecule has 0 aliphatic carbocycles. The van der Waals surface area contributed by atoms with Crippen molar-refractivity contribution in [2.75, 3.05) is 19.0 Å². The largest absolute Gasteiger partial charge is 0.497 e. The number of carbonyl (C=O) groups excluding carboxylic acids is 1. The molecular weight excluding hydrogens is 280 g/mol.